The molecule has 1 aromatic carbocycles. The molecule has 0 unspecified atom stereocenters. The van der Waals surface area contributed by atoms with Crippen LogP contribution in [-0.4, -0.2) is 50.6 Å². The van der Waals surface area contributed by atoms with Crippen LogP contribution < -0.4 is 10.6 Å². The van der Waals surface area contributed by atoms with Crippen LogP contribution in [0.3, 0.4) is 0 Å². The van der Waals surface area contributed by atoms with Gasteiger partial charge >= 0.3 is 0 Å². The lowest BCUT2D eigenvalue weighted by Gasteiger charge is -2.35. The molecule has 4 heterocycles. The van der Waals surface area contributed by atoms with Crippen molar-refractivity contribution in [2.24, 2.45) is 5.41 Å². The molecule has 0 saturated carbocycles. The van der Waals surface area contributed by atoms with Crippen LogP contribution in [0.25, 0.3) is 22.6 Å². The summed E-state index contributed by atoms with van der Waals surface area (Å²) in [6.07, 6.45) is 5.73. The monoisotopic (exact) mass is 515 g/mol. The van der Waals surface area contributed by atoms with E-state index in [0.717, 1.165) is 5.69 Å². The fraction of sp³-hybridized carbons (Fsp3) is 0.222. The van der Waals surface area contributed by atoms with Gasteiger partial charge in [-0.2, -0.15) is 0 Å². The number of hydrogen-bond acceptors (Lipinski definition) is 8. The second kappa shape index (κ2) is 10.9. The number of halogens is 1. The predicted molar refractivity (Wildman–Crippen MR) is 138 cm³/mol. The predicted octanol–water partition coefficient (Wildman–Crippen LogP) is 4.17. The third kappa shape index (κ3) is 5.43. The van der Waals surface area contributed by atoms with Crippen molar-refractivity contribution in [1.29, 1.82) is 0 Å². The number of nitrogens with one attached hydrogen (secondary N) is 3. The first-order valence-electron chi connectivity index (χ1n) is 11.9. The largest absolute Gasteiger partial charge is 0.352 e. The molecule has 3 N–H and O–H groups in total. The summed E-state index contributed by atoms with van der Waals surface area (Å²) in [4.78, 5) is 33.5. The van der Waals surface area contributed by atoms with Crippen molar-refractivity contribution in [2.45, 2.75) is 13.2 Å². The number of rotatable bonds is 8. The van der Waals surface area contributed by atoms with Gasteiger partial charge in [0.1, 0.15) is 5.82 Å². The molecular weight excluding hydrogens is 489 g/mol. The Bertz CT molecular complexity index is 1420. The van der Waals surface area contributed by atoms with Crippen LogP contribution in [0.5, 0.6) is 0 Å². The average molecular weight is 516 g/mol. The van der Waals surface area contributed by atoms with E-state index in [9.17, 15) is 9.18 Å². The van der Waals surface area contributed by atoms with Gasteiger partial charge in [0.25, 0.3) is 0 Å². The van der Waals surface area contributed by atoms with Crippen molar-refractivity contribution in [2.75, 3.05) is 25.1 Å². The molecule has 10 nitrogen and oxygen atoms in total. The molecule has 194 valence electrons. The van der Waals surface area contributed by atoms with Gasteiger partial charge in [-0.15, -0.1) is 6.58 Å². The van der Waals surface area contributed by atoms with Crippen molar-refractivity contribution < 1.29 is 18.7 Å². The summed E-state index contributed by atoms with van der Waals surface area (Å²) in [6, 6.07) is 11.4. The van der Waals surface area contributed by atoms with Crippen molar-refractivity contribution in [3.63, 3.8) is 0 Å². The Balaban J connectivity index is 1.44. The molecule has 5 rings (SSSR count). The molecule has 1 amide bonds. The van der Waals surface area contributed by atoms with E-state index < -0.39 is 11.7 Å². The van der Waals surface area contributed by atoms with Crippen LogP contribution in [0.1, 0.15) is 19.0 Å². The Kier molecular flexibility index (Phi) is 7.20. The van der Waals surface area contributed by atoms with E-state index in [1.54, 1.807) is 61.9 Å². The van der Waals surface area contributed by atoms with E-state index in [2.05, 4.69) is 37.1 Å². The highest BCUT2D eigenvalue weighted by Crippen LogP contribution is 2.35. The molecule has 1 fully saturated rings. The molecule has 0 spiro atoms. The van der Waals surface area contributed by atoms with Crippen LogP contribution in [0.4, 0.5) is 16.0 Å². The van der Waals surface area contributed by atoms with Gasteiger partial charge in [0.2, 0.25) is 18.1 Å². The van der Waals surface area contributed by atoms with Gasteiger partial charge in [0, 0.05) is 36.4 Å². The van der Waals surface area contributed by atoms with Crippen LogP contribution >= 0.6 is 0 Å². The van der Waals surface area contributed by atoms with Gasteiger partial charge in [-0.05, 0) is 49.4 Å². The molecule has 38 heavy (non-hydrogen) atoms. The maximum Gasteiger partial charge on any atom is 0.230 e. The van der Waals surface area contributed by atoms with Gasteiger partial charge in [-0.3, -0.25) is 9.78 Å². The summed E-state index contributed by atoms with van der Waals surface area (Å²) < 4.78 is 25.5. The quantitative estimate of drug-likeness (QED) is 0.299. The van der Waals surface area contributed by atoms with E-state index in [-0.39, 0.29) is 24.9 Å². The Morgan fingerprint density at radius 1 is 1.13 bits per heavy atom. The highest BCUT2D eigenvalue weighted by molar-refractivity contribution is 5.82. The molecule has 0 radical (unpaired) electrons. The van der Waals surface area contributed by atoms with Gasteiger partial charge in [0.15, 0.2) is 5.82 Å². The molecule has 1 aliphatic rings. The van der Waals surface area contributed by atoms with Crippen LogP contribution in [0, 0.1) is 11.2 Å². The van der Waals surface area contributed by atoms with E-state index in [1.165, 1.54) is 12.1 Å². The zero-order chi connectivity index (χ0) is 26.5. The van der Waals surface area contributed by atoms with Gasteiger partial charge in [0.05, 0.1) is 35.7 Å². The number of anilines is 2. The third-order valence-electron chi connectivity index (χ3n) is 5.97. The molecule has 11 heteroatoms. The first kappa shape index (κ1) is 25.2. The lowest BCUT2D eigenvalue weighted by molar-refractivity contribution is -0.230. The number of imidazole rings is 1. The molecule has 4 aromatic rings. The SMILES string of the molecule is C=CCNC(=O)C1(C)COC(c2nc(-c3ccc(F)cc3)c(-c3ccnc(Nc4ccncc4)n3)[nH]2)OC1. The molecule has 0 bridgehead atoms. The Labute approximate surface area is 218 Å². The number of aromatic nitrogens is 5. The maximum absolute atomic E-state index is 13.7. The number of benzene rings is 1. The van der Waals surface area contributed by atoms with E-state index in [0.29, 0.717) is 41.0 Å². The molecular formula is C27H26FN7O3. The summed E-state index contributed by atoms with van der Waals surface area (Å²) in [5.41, 5.74) is 2.28. The lowest BCUT2D eigenvalue weighted by Crippen LogP contribution is -2.48. The number of aromatic amines is 1. The molecule has 0 aliphatic carbocycles. The lowest BCUT2D eigenvalue weighted by atomic mass is 9.91. The smallest absolute Gasteiger partial charge is 0.230 e. The number of carbonyl (C=O) groups excluding carboxylic acids is 1. The zero-order valence-electron chi connectivity index (χ0n) is 20.6. The zero-order valence-corrected chi connectivity index (χ0v) is 20.6. The highest BCUT2D eigenvalue weighted by atomic mass is 19.1. The molecule has 3 aromatic heterocycles. The maximum atomic E-state index is 13.7. The molecule has 0 atom stereocenters. The number of amides is 1. The number of nitrogens with zero attached hydrogens (tertiary/aromatic N) is 4. The molecule has 1 saturated heterocycles. The van der Waals surface area contributed by atoms with Crippen LogP contribution in [0.15, 0.2) is 73.7 Å². The topological polar surface area (TPSA) is 127 Å². The number of carbonyl (C=O) groups is 1. The van der Waals surface area contributed by atoms with Gasteiger partial charge < -0.3 is 25.1 Å². The summed E-state index contributed by atoms with van der Waals surface area (Å²) in [5.74, 6) is 0.236. The second-order valence-electron chi connectivity index (χ2n) is 8.99. The summed E-state index contributed by atoms with van der Waals surface area (Å²) in [5, 5.41) is 5.93. The Morgan fingerprint density at radius 2 is 1.87 bits per heavy atom. The van der Waals surface area contributed by atoms with Crippen molar-refractivity contribution in [3.8, 4) is 22.6 Å². The van der Waals surface area contributed by atoms with Gasteiger partial charge in [-0.25, -0.2) is 19.3 Å². The van der Waals surface area contributed by atoms with Crippen molar-refractivity contribution >= 4 is 17.5 Å². The summed E-state index contributed by atoms with van der Waals surface area (Å²) in [6.45, 7) is 6.02. The highest BCUT2D eigenvalue weighted by Gasteiger charge is 2.40. The number of H-pyrrole nitrogens is 1. The van der Waals surface area contributed by atoms with Crippen molar-refractivity contribution in [1.82, 2.24) is 30.2 Å². The number of ether oxygens (including phenoxy) is 2. The van der Waals surface area contributed by atoms with E-state index >= 15 is 0 Å². The third-order valence-corrected chi connectivity index (χ3v) is 5.97. The molecule has 1 aliphatic heterocycles. The van der Waals surface area contributed by atoms with Crippen LogP contribution in [-0.2, 0) is 14.3 Å². The normalized spacial score (nSPS) is 19.1. The summed E-state index contributed by atoms with van der Waals surface area (Å²) >= 11 is 0. The first-order chi connectivity index (χ1) is 18.4. The Morgan fingerprint density at radius 3 is 2.58 bits per heavy atom. The average Bonchev–Trinajstić information content (AvgIpc) is 3.39. The fourth-order valence-corrected chi connectivity index (χ4v) is 3.90. The standard InChI is InChI=1S/C27H26FN7O3/c1-3-11-30-25(36)27(2)15-37-24(38-16-27)23-34-21(17-4-6-18(28)7-5-17)22(35-23)20-10-14-31-26(33-20)32-19-8-12-29-13-9-19/h3-10,12-14,24H,1,11,15-16H2,2H3,(H,30,36)(H,34,35)(H,29,31,32,33). The first-order valence-corrected chi connectivity index (χ1v) is 11.9. The van der Waals surface area contributed by atoms with Gasteiger partial charge in [-0.1, -0.05) is 6.08 Å². The fourth-order valence-electron chi connectivity index (χ4n) is 3.90. The minimum Gasteiger partial charge on any atom is -0.352 e. The minimum absolute atomic E-state index is 0.135. The number of hydrogen-bond donors (Lipinski definition) is 3. The Hall–Kier alpha value is -4.48. The van der Waals surface area contributed by atoms with Crippen molar-refractivity contribution in [3.05, 3.63) is 85.4 Å². The second-order valence-corrected chi connectivity index (χ2v) is 8.99. The number of pyridine rings is 1. The van der Waals surface area contributed by atoms with E-state index in [4.69, 9.17) is 14.5 Å². The van der Waals surface area contributed by atoms with Crippen LogP contribution in [0.2, 0.25) is 0 Å². The minimum atomic E-state index is -0.852. The summed E-state index contributed by atoms with van der Waals surface area (Å²) in [7, 11) is 0. The van der Waals surface area contributed by atoms with E-state index in [1.807, 2.05) is 0 Å².